The van der Waals surface area contributed by atoms with E-state index in [2.05, 4.69) is 0 Å². The van der Waals surface area contributed by atoms with Gasteiger partial charge >= 0.3 is 86.8 Å². The van der Waals surface area contributed by atoms with Crippen LogP contribution in [0.5, 0.6) is 0 Å². The molecular formula is C4H5CsO9. The van der Waals surface area contributed by atoms with E-state index in [4.69, 9.17) is 39.6 Å². The van der Waals surface area contributed by atoms with Gasteiger partial charge < -0.3 is 30.7 Å². The van der Waals surface area contributed by atoms with E-state index in [1.165, 1.54) is 0 Å². The van der Waals surface area contributed by atoms with Gasteiger partial charge in [0.05, 0.1) is 0 Å². The molecule has 0 amide bonds. The number of carbonyl (C=O) groups is 4. The van der Waals surface area contributed by atoms with Gasteiger partial charge in [-0.05, 0) is 0 Å². The van der Waals surface area contributed by atoms with Crippen molar-refractivity contribution in [2.75, 3.05) is 0 Å². The smallest absolute Gasteiger partial charge is 0.539 e. The molecule has 0 aliphatic carbocycles. The van der Waals surface area contributed by atoms with Crippen LogP contribution in [0.25, 0.3) is 0 Å². The van der Waals surface area contributed by atoms with Gasteiger partial charge in [-0.25, -0.2) is 14.4 Å². The number of carboxylic acid groups (broad SMARTS) is 4. The van der Waals surface area contributed by atoms with E-state index in [1.807, 2.05) is 0 Å². The molecule has 0 unspecified atom stereocenters. The Morgan fingerprint density at radius 1 is 0.786 bits per heavy atom. The van der Waals surface area contributed by atoms with Crippen molar-refractivity contribution >= 4 is 23.9 Å². The molecule has 0 aromatic rings. The Hall–Kier alpha value is -0.108. The maximum atomic E-state index is 9.10. The summed E-state index contributed by atoms with van der Waals surface area (Å²) in [6.45, 7) is 0. The molecule has 0 aromatic heterocycles. The van der Waals surface area contributed by atoms with Crippen LogP contribution in [0.1, 0.15) is 0 Å². The first-order chi connectivity index (χ1) is 5.29. The zero-order valence-electron chi connectivity index (χ0n) is 6.88. The summed E-state index contributed by atoms with van der Waals surface area (Å²) < 4.78 is 0. The van der Waals surface area contributed by atoms with Crippen molar-refractivity contribution in [2.45, 2.75) is 0 Å². The molecule has 10 heteroatoms. The molecular weight excluding hydrogens is 325 g/mol. The molecule has 5 N–H and O–H groups in total. The first kappa shape index (κ1) is 23.6. The minimum atomic E-state index is -2.07. The largest absolute Gasteiger partial charge is 1.00 e. The third-order valence-corrected chi connectivity index (χ3v) is 0.358. The predicted molar refractivity (Wildman–Crippen MR) is 31.5 cm³/mol. The zero-order chi connectivity index (χ0) is 10.3. The van der Waals surface area contributed by atoms with E-state index in [9.17, 15) is 0 Å². The topological polar surface area (TPSA) is 184 Å². The summed E-state index contributed by atoms with van der Waals surface area (Å²) in [6.07, 6.45) is 0. The number of hydrogen-bond acceptors (Lipinski definition) is 5. The van der Waals surface area contributed by atoms with Crippen LogP contribution in [0, 0.1) is 0 Å². The van der Waals surface area contributed by atoms with Gasteiger partial charge in [0.15, 0.2) is 5.97 Å². The van der Waals surface area contributed by atoms with Gasteiger partial charge in [0, 0.05) is 0 Å². The Kier molecular flexibility index (Phi) is 21.7. The normalized spacial score (nSPS) is 6.29. The molecule has 0 saturated heterocycles. The second-order valence-electron chi connectivity index (χ2n) is 1.20. The Morgan fingerprint density at radius 3 is 0.929 bits per heavy atom. The number of aliphatic carboxylic acids is 4. The quantitative estimate of drug-likeness (QED) is 0.366. The third kappa shape index (κ3) is 22.7. The van der Waals surface area contributed by atoms with Crippen LogP contribution in [0.4, 0.5) is 0 Å². The molecule has 0 bridgehead atoms. The van der Waals surface area contributed by atoms with Crippen LogP contribution in [0.3, 0.4) is 0 Å². The van der Waals surface area contributed by atoms with E-state index in [-0.39, 0.29) is 74.4 Å². The van der Waals surface area contributed by atoms with Crippen molar-refractivity contribution in [3.8, 4) is 0 Å². The van der Waals surface area contributed by atoms with Crippen molar-refractivity contribution in [2.24, 2.45) is 0 Å². The van der Waals surface area contributed by atoms with Crippen molar-refractivity contribution in [1.29, 1.82) is 0 Å². The minimum Gasteiger partial charge on any atom is -0.539 e. The summed E-state index contributed by atoms with van der Waals surface area (Å²) in [5.74, 6) is -7.66. The van der Waals surface area contributed by atoms with Crippen LogP contribution in [0.2, 0.25) is 0 Å². The molecule has 0 aliphatic heterocycles. The van der Waals surface area contributed by atoms with Crippen molar-refractivity contribution in [3.63, 3.8) is 0 Å². The van der Waals surface area contributed by atoms with Crippen molar-refractivity contribution < 1.29 is 114 Å². The summed E-state index contributed by atoms with van der Waals surface area (Å²) in [5, 5.41) is 31.1. The van der Waals surface area contributed by atoms with Gasteiger partial charge in [0.2, 0.25) is 0 Å². The van der Waals surface area contributed by atoms with Gasteiger partial charge in [0.25, 0.3) is 0 Å². The molecule has 0 aliphatic rings. The van der Waals surface area contributed by atoms with Crippen LogP contribution in [-0.4, -0.2) is 44.7 Å². The predicted octanol–water partition coefficient (Wildman–Crippen LogP) is -6.84. The van der Waals surface area contributed by atoms with E-state index >= 15 is 0 Å². The Morgan fingerprint density at radius 2 is 0.929 bits per heavy atom. The third-order valence-electron chi connectivity index (χ3n) is 0.358. The Bertz CT molecular complexity index is 173. The number of hydrogen-bond donors (Lipinski definition) is 3. The van der Waals surface area contributed by atoms with Crippen LogP contribution in [-0.2, 0) is 19.2 Å². The number of carboxylic acids is 4. The van der Waals surface area contributed by atoms with E-state index in [1.54, 1.807) is 0 Å². The average molecular weight is 330 g/mol. The summed E-state index contributed by atoms with van der Waals surface area (Å²) in [7, 11) is 0. The first-order valence-corrected chi connectivity index (χ1v) is 2.19. The molecule has 0 aromatic carbocycles. The standard InChI is InChI=1S/2C2H2O4.Cs.H2O/c2*3-1(4)2(5)6;;/h2*(H,3,4)(H,5,6);;1H2/q;;+1;/p-1. The molecule has 0 rings (SSSR count). The molecule has 14 heavy (non-hydrogen) atoms. The fourth-order valence-corrected chi connectivity index (χ4v) is 0. The fraction of sp³-hybridized carbons (Fsp3) is 0. The van der Waals surface area contributed by atoms with Gasteiger partial charge in [-0.1, -0.05) is 0 Å². The molecule has 0 heterocycles. The SMILES string of the molecule is O.O=C(O)C(=O)O.O=C([O-])C(=O)O.[Cs+]. The summed E-state index contributed by atoms with van der Waals surface area (Å²) in [4.78, 5) is 36.2. The second kappa shape index (κ2) is 12.9. The van der Waals surface area contributed by atoms with E-state index in [0.717, 1.165) is 0 Å². The second-order valence-corrected chi connectivity index (χ2v) is 1.20. The maximum absolute atomic E-state index is 9.10. The van der Waals surface area contributed by atoms with Crippen LogP contribution < -0.4 is 74.0 Å². The molecule has 0 atom stereocenters. The monoisotopic (exact) mass is 330 g/mol. The van der Waals surface area contributed by atoms with E-state index in [0.29, 0.717) is 0 Å². The zero-order valence-corrected chi connectivity index (χ0v) is 13.2. The van der Waals surface area contributed by atoms with E-state index < -0.39 is 23.9 Å². The fourth-order valence-electron chi connectivity index (χ4n) is 0. The summed E-state index contributed by atoms with van der Waals surface area (Å²) in [5.41, 5.74) is 0. The average Bonchev–Trinajstić information content (AvgIpc) is 1.88. The molecule has 76 valence electrons. The Balaban J connectivity index is -0.0000000625. The molecule has 0 spiro atoms. The summed E-state index contributed by atoms with van der Waals surface area (Å²) >= 11 is 0. The molecule has 9 nitrogen and oxygen atoms in total. The molecule has 0 radical (unpaired) electrons. The first-order valence-electron chi connectivity index (χ1n) is 2.19. The van der Waals surface area contributed by atoms with Gasteiger partial charge in [-0.2, -0.15) is 0 Å². The maximum Gasteiger partial charge on any atom is 1.00 e. The van der Waals surface area contributed by atoms with Gasteiger partial charge in [-0.15, -0.1) is 0 Å². The van der Waals surface area contributed by atoms with Crippen molar-refractivity contribution in [1.82, 2.24) is 0 Å². The van der Waals surface area contributed by atoms with Gasteiger partial charge in [-0.3, -0.25) is 0 Å². The molecule has 0 saturated carbocycles. The van der Waals surface area contributed by atoms with Gasteiger partial charge in [0.1, 0.15) is 0 Å². The Labute approximate surface area is 135 Å². The van der Waals surface area contributed by atoms with Crippen LogP contribution in [0.15, 0.2) is 0 Å². The number of carbonyl (C=O) groups excluding carboxylic acids is 1. The van der Waals surface area contributed by atoms with Crippen molar-refractivity contribution in [3.05, 3.63) is 0 Å². The minimum absolute atomic E-state index is 0. The summed E-state index contributed by atoms with van der Waals surface area (Å²) in [6, 6.07) is 0. The molecule has 0 fully saturated rings. The number of rotatable bonds is 0. The van der Waals surface area contributed by atoms with Crippen LogP contribution >= 0.6 is 0 Å².